The maximum atomic E-state index is 12.4. The Morgan fingerprint density at radius 2 is 2.29 bits per heavy atom. The van der Waals surface area contributed by atoms with Gasteiger partial charge in [0.05, 0.1) is 22.1 Å². The summed E-state index contributed by atoms with van der Waals surface area (Å²) in [5.41, 5.74) is -0.328. The third kappa shape index (κ3) is 4.18. The fourth-order valence-corrected chi connectivity index (χ4v) is 4.23. The van der Waals surface area contributed by atoms with Gasteiger partial charge in [0.25, 0.3) is 0 Å². The molecule has 0 saturated carbocycles. The number of benzene rings is 1. The minimum absolute atomic E-state index is 0.185. The molecule has 0 aliphatic carbocycles. The van der Waals surface area contributed by atoms with Crippen molar-refractivity contribution in [2.24, 2.45) is 0 Å². The van der Waals surface area contributed by atoms with E-state index >= 15 is 0 Å². The number of sulfonamides is 1. The molecule has 1 aromatic carbocycles. The lowest BCUT2D eigenvalue weighted by Gasteiger charge is -2.28. The molecule has 5 nitrogen and oxygen atoms in total. The topological polar surface area (TPSA) is 67.4 Å². The van der Waals surface area contributed by atoms with E-state index in [4.69, 9.17) is 16.3 Å². The van der Waals surface area contributed by atoms with Crippen molar-refractivity contribution in [1.82, 2.24) is 10.0 Å². The zero-order chi connectivity index (χ0) is 15.5. The summed E-state index contributed by atoms with van der Waals surface area (Å²) in [6.45, 7) is 1.64. The first-order valence-corrected chi connectivity index (χ1v) is 9.23. The maximum Gasteiger partial charge on any atom is 0.240 e. The van der Waals surface area contributed by atoms with E-state index in [0.717, 1.165) is 19.4 Å². The third-order valence-corrected chi connectivity index (χ3v) is 6.17. The van der Waals surface area contributed by atoms with Crippen molar-refractivity contribution < 1.29 is 13.2 Å². The van der Waals surface area contributed by atoms with Gasteiger partial charge in [-0.2, -0.15) is 0 Å². The van der Waals surface area contributed by atoms with Crippen LogP contribution in [-0.2, 0) is 14.8 Å². The first-order chi connectivity index (χ1) is 9.88. The minimum atomic E-state index is -3.58. The lowest BCUT2D eigenvalue weighted by molar-refractivity contribution is 0.122. The molecule has 8 heteroatoms. The van der Waals surface area contributed by atoms with Gasteiger partial charge in [-0.25, -0.2) is 13.1 Å². The normalized spacial score (nSPS) is 22.6. The molecule has 0 radical (unpaired) electrons. The Labute approximate surface area is 138 Å². The fraction of sp³-hybridized carbons (Fsp3) is 0.538. The number of rotatable bonds is 6. The second-order valence-electron chi connectivity index (χ2n) is 5.14. The Morgan fingerprint density at radius 3 is 2.86 bits per heavy atom. The van der Waals surface area contributed by atoms with Gasteiger partial charge in [0.2, 0.25) is 10.0 Å². The van der Waals surface area contributed by atoms with Gasteiger partial charge in [-0.15, -0.1) is 0 Å². The van der Waals surface area contributed by atoms with Crippen LogP contribution in [0.4, 0.5) is 0 Å². The molecule has 0 spiro atoms. The molecule has 2 N–H and O–H groups in total. The van der Waals surface area contributed by atoms with Gasteiger partial charge >= 0.3 is 0 Å². The van der Waals surface area contributed by atoms with Crippen molar-refractivity contribution in [3.8, 4) is 0 Å². The SMILES string of the molecule is COCC1(CNS(=O)(=O)c2ccc(Cl)c(Br)c2)CCCN1. The summed E-state index contributed by atoms with van der Waals surface area (Å²) >= 11 is 9.12. The van der Waals surface area contributed by atoms with Crippen molar-refractivity contribution in [3.63, 3.8) is 0 Å². The molecule has 0 aromatic heterocycles. The van der Waals surface area contributed by atoms with Crippen molar-refractivity contribution >= 4 is 37.6 Å². The summed E-state index contributed by atoms with van der Waals surface area (Å²) in [5, 5.41) is 3.81. The molecule has 118 valence electrons. The van der Waals surface area contributed by atoms with Gasteiger partial charge < -0.3 is 10.1 Å². The van der Waals surface area contributed by atoms with E-state index in [1.54, 1.807) is 13.2 Å². The molecule has 1 aliphatic rings. The van der Waals surface area contributed by atoms with Crippen molar-refractivity contribution in [1.29, 1.82) is 0 Å². The molecule has 1 saturated heterocycles. The zero-order valence-corrected chi connectivity index (χ0v) is 14.8. The van der Waals surface area contributed by atoms with E-state index in [-0.39, 0.29) is 10.4 Å². The molecule has 1 fully saturated rings. The highest BCUT2D eigenvalue weighted by Crippen LogP contribution is 2.26. The Balaban J connectivity index is 2.11. The maximum absolute atomic E-state index is 12.4. The largest absolute Gasteiger partial charge is 0.383 e. The highest BCUT2D eigenvalue weighted by Gasteiger charge is 2.34. The van der Waals surface area contributed by atoms with Gasteiger partial charge in [-0.1, -0.05) is 11.6 Å². The van der Waals surface area contributed by atoms with Gasteiger partial charge in [0.1, 0.15) is 0 Å². The molecule has 1 atom stereocenters. The van der Waals surface area contributed by atoms with Crippen LogP contribution in [0.5, 0.6) is 0 Å². The minimum Gasteiger partial charge on any atom is -0.383 e. The van der Waals surface area contributed by atoms with E-state index in [1.165, 1.54) is 12.1 Å². The quantitative estimate of drug-likeness (QED) is 0.772. The molecule has 21 heavy (non-hydrogen) atoms. The van der Waals surface area contributed by atoms with Crippen LogP contribution in [0.15, 0.2) is 27.6 Å². The van der Waals surface area contributed by atoms with Gasteiger partial charge in [0, 0.05) is 18.1 Å². The van der Waals surface area contributed by atoms with Crippen LogP contribution in [0, 0.1) is 0 Å². The highest BCUT2D eigenvalue weighted by atomic mass is 79.9. The fourth-order valence-electron chi connectivity index (χ4n) is 2.43. The number of hydrogen-bond acceptors (Lipinski definition) is 4. The summed E-state index contributed by atoms with van der Waals surface area (Å²) < 4.78 is 33.1. The standard InChI is InChI=1S/C13H18BrClN2O3S/c1-20-9-13(5-2-6-16-13)8-17-21(18,19)10-3-4-12(15)11(14)7-10/h3-4,7,16-17H,2,5-6,8-9H2,1H3. The van der Waals surface area contributed by atoms with E-state index in [1.807, 2.05) is 0 Å². The van der Waals surface area contributed by atoms with Crippen LogP contribution in [-0.4, -0.2) is 40.8 Å². The molecular weight excluding hydrogens is 380 g/mol. The monoisotopic (exact) mass is 396 g/mol. The van der Waals surface area contributed by atoms with Crippen molar-refractivity contribution in [2.45, 2.75) is 23.3 Å². The molecule has 1 unspecified atom stereocenters. The molecule has 0 amide bonds. The van der Waals surface area contributed by atoms with Gasteiger partial charge in [-0.05, 0) is 53.5 Å². The zero-order valence-electron chi connectivity index (χ0n) is 11.7. The lowest BCUT2D eigenvalue weighted by atomic mass is 9.99. The summed E-state index contributed by atoms with van der Waals surface area (Å²) in [4.78, 5) is 0.185. The smallest absolute Gasteiger partial charge is 0.240 e. The molecule has 1 heterocycles. The average Bonchev–Trinajstić information content (AvgIpc) is 2.89. The Kier molecular flexibility index (Phi) is 5.67. The third-order valence-electron chi connectivity index (χ3n) is 3.55. The second kappa shape index (κ2) is 6.93. The molecule has 1 aromatic rings. The highest BCUT2D eigenvalue weighted by molar-refractivity contribution is 9.10. The first-order valence-electron chi connectivity index (χ1n) is 6.57. The van der Waals surface area contributed by atoms with Crippen LogP contribution < -0.4 is 10.0 Å². The average molecular weight is 398 g/mol. The molecular formula is C13H18BrClN2O3S. The van der Waals surface area contributed by atoms with Gasteiger partial charge in [-0.3, -0.25) is 0 Å². The second-order valence-corrected chi connectivity index (χ2v) is 8.17. The molecule has 2 rings (SSSR count). The number of halogens is 2. The van der Waals surface area contributed by atoms with E-state index < -0.39 is 10.0 Å². The Bertz CT molecular complexity index is 603. The predicted octanol–water partition coefficient (Wildman–Crippen LogP) is 2.15. The summed E-state index contributed by atoms with van der Waals surface area (Å²) in [6, 6.07) is 4.54. The van der Waals surface area contributed by atoms with Crippen LogP contribution in [0.3, 0.4) is 0 Å². The Morgan fingerprint density at radius 1 is 1.52 bits per heavy atom. The number of nitrogens with one attached hydrogen (secondary N) is 2. The van der Waals surface area contributed by atoms with Crippen LogP contribution >= 0.6 is 27.5 Å². The van der Waals surface area contributed by atoms with E-state index in [9.17, 15) is 8.42 Å². The van der Waals surface area contributed by atoms with E-state index in [2.05, 4.69) is 26.0 Å². The van der Waals surface area contributed by atoms with Crippen LogP contribution in [0.25, 0.3) is 0 Å². The van der Waals surface area contributed by atoms with Crippen molar-refractivity contribution in [3.05, 3.63) is 27.7 Å². The first kappa shape index (κ1) is 17.2. The number of methoxy groups -OCH3 is 1. The predicted molar refractivity (Wildman–Crippen MR) is 86.2 cm³/mol. The van der Waals surface area contributed by atoms with Crippen molar-refractivity contribution in [2.75, 3.05) is 26.8 Å². The lowest BCUT2D eigenvalue weighted by Crippen LogP contribution is -2.52. The van der Waals surface area contributed by atoms with Gasteiger partial charge in [0.15, 0.2) is 0 Å². The molecule has 1 aliphatic heterocycles. The number of hydrogen-bond donors (Lipinski definition) is 2. The summed E-state index contributed by atoms with van der Waals surface area (Å²) in [7, 11) is -1.96. The van der Waals surface area contributed by atoms with E-state index in [0.29, 0.717) is 22.6 Å². The number of ether oxygens (including phenoxy) is 1. The van der Waals surface area contributed by atoms with Crippen LogP contribution in [0.2, 0.25) is 5.02 Å². The molecule has 0 bridgehead atoms. The summed E-state index contributed by atoms with van der Waals surface area (Å²) in [6.07, 6.45) is 1.89. The Hall–Kier alpha value is -0.180. The summed E-state index contributed by atoms with van der Waals surface area (Å²) in [5.74, 6) is 0. The van der Waals surface area contributed by atoms with Crippen LogP contribution in [0.1, 0.15) is 12.8 Å².